The first kappa shape index (κ1) is 25.0. The van der Waals surface area contributed by atoms with Crippen molar-refractivity contribution >= 4 is 57.9 Å². The third-order valence-corrected chi connectivity index (χ3v) is 8.21. The first-order chi connectivity index (χ1) is 17.3. The molecule has 36 heavy (non-hydrogen) atoms. The molecule has 2 aliphatic carbocycles. The van der Waals surface area contributed by atoms with Gasteiger partial charge in [-0.15, -0.1) is 0 Å². The molecule has 2 aromatic heterocycles. The fourth-order valence-electron chi connectivity index (χ4n) is 5.35. The Kier molecular flexibility index (Phi) is 7.23. The Morgan fingerprint density at radius 2 is 1.83 bits per heavy atom. The summed E-state index contributed by atoms with van der Waals surface area (Å²) in [6.45, 7) is 2.08. The van der Waals surface area contributed by atoms with Crippen LogP contribution >= 0.6 is 23.2 Å². The number of primary amides is 1. The molecule has 2 heterocycles. The van der Waals surface area contributed by atoms with Crippen LogP contribution in [0.25, 0.3) is 11.2 Å². The second kappa shape index (κ2) is 10.4. The molecule has 2 fully saturated rings. The summed E-state index contributed by atoms with van der Waals surface area (Å²) in [6, 6.07) is 5.49. The fraction of sp³-hybridized carbons (Fsp3) is 0.520. The number of hydrogen-bond acceptors (Lipinski definition) is 7. The van der Waals surface area contributed by atoms with Gasteiger partial charge in [0.15, 0.2) is 5.65 Å². The van der Waals surface area contributed by atoms with Crippen molar-refractivity contribution < 1.29 is 9.90 Å². The van der Waals surface area contributed by atoms with E-state index >= 15 is 0 Å². The molecule has 1 amide bonds. The molecule has 3 aromatic rings. The molecule has 9 nitrogen and oxygen atoms in total. The van der Waals surface area contributed by atoms with Crippen molar-refractivity contribution in [2.45, 2.75) is 70.1 Å². The van der Waals surface area contributed by atoms with E-state index in [1.807, 2.05) is 0 Å². The van der Waals surface area contributed by atoms with Crippen LogP contribution < -0.4 is 16.4 Å². The molecule has 192 valence electrons. The number of nitrogens with one attached hydrogen (secondary N) is 2. The molecular formula is C25H31Cl2N7O2. The highest BCUT2D eigenvalue weighted by atomic mass is 35.5. The predicted molar refractivity (Wildman–Crippen MR) is 142 cm³/mol. The van der Waals surface area contributed by atoms with Crippen molar-refractivity contribution in [3.63, 3.8) is 0 Å². The second-order valence-electron chi connectivity index (χ2n) is 10.0. The maximum absolute atomic E-state index is 11.7. The molecule has 0 aliphatic heterocycles. The molecule has 0 saturated heterocycles. The number of rotatable bonds is 6. The molecule has 1 aromatic carbocycles. The molecule has 5 N–H and O–H groups in total. The van der Waals surface area contributed by atoms with Crippen LogP contribution in [0.1, 0.15) is 57.9 Å². The highest BCUT2D eigenvalue weighted by Gasteiger charge is 2.30. The highest BCUT2D eigenvalue weighted by Crippen LogP contribution is 2.39. The van der Waals surface area contributed by atoms with E-state index in [9.17, 15) is 9.90 Å². The minimum Gasteiger partial charge on any atom is -0.393 e. The van der Waals surface area contributed by atoms with Crippen LogP contribution in [0.15, 0.2) is 24.4 Å². The molecule has 0 unspecified atom stereocenters. The second-order valence-corrected chi connectivity index (χ2v) is 10.9. The smallest absolute Gasteiger partial charge is 0.224 e. The van der Waals surface area contributed by atoms with Gasteiger partial charge in [0, 0.05) is 18.0 Å². The number of nitrogens with zero attached hydrogens (tertiary/aromatic N) is 4. The molecule has 2 saturated carbocycles. The molecule has 3 atom stereocenters. The van der Waals surface area contributed by atoms with Gasteiger partial charge < -0.3 is 21.5 Å². The third-order valence-electron chi connectivity index (χ3n) is 7.58. The molecule has 5 rings (SSSR count). The number of carbonyl (C=O) groups excluding carboxylic acids is 1. The van der Waals surface area contributed by atoms with Gasteiger partial charge in [-0.2, -0.15) is 4.98 Å². The molecule has 0 radical (unpaired) electrons. The fourth-order valence-corrected chi connectivity index (χ4v) is 5.85. The Balaban J connectivity index is 1.49. The zero-order valence-corrected chi connectivity index (χ0v) is 21.6. The van der Waals surface area contributed by atoms with Gasteiger partial charge in [-0.25, -0.2) is 9.97 Å². The molecule has 11 heteroatoms. The quantitative estimate of drug-likeness (QED) is 0.349. The average molecular weight is 532 g/mol. The lowest BCUT2D eigenvalue weighted by Crippen LogP contribution is -2.35. The number of halogens is 2. The maximum atomic E-state index is 11.7. The molecular weight excluding hydrogens is 501 g/mol. The monoisotopic (exact) mass is 531 g/mol. The van der Waals surface area contributed by atoms with E-state index in [4.69, 9.17) is 38.9 Å². The van der Waals surface area contributed by atoms with E-state index in [1.165, 1.54) is 0 Å². The van der Waals surface area contributed by atoms with Crippen LogP contribution in [0.3, 0.4) is 0 Å². The van der Waals surface area contributed by atoms with Gasteiger partial charge in [-0.05, 0) is 63.0 Å². The summed E-state index contributed by atoms with van der Waals surface area (Å²) in [5.74, 6) is 1.01. The number of aliphatic hydroxyl groups is 1. The summed E-state index contributed by atoms with van der Waals surface area (Å²) in [7, 11) is 0. The van der Waals surface area contributed by atoms with Crippen molar-refractivity contribution in [1.29, 1.82) is 0 Å². The number of hydrogen-bond donors (Lipinski definition) is 4. The van der Waals surface area contributed by atoms with Crippen molar-refractivity contribution in [2.24, 2.45) is 17.6 Å². The number of aliphatic hydroxyl groups excluding tert-OH is 1. The lowest BCUT2D eigenvalue weighted by atomic mass is 9.85. The summed E-state index contributed by atoms with van der Waals surface area (Å²) in [6.07, 6.45) is 6.90. The van der Waals surface area contributed by atoms with Crippen molar-refractivity contribution in [2.75, 3.05) is 10.6 Å². The SMILES string of the molecule is C[C@@H]1CC[C@@H](Nc2ncc3nc(Nc4c(Cl)cccc4Cl)n([C@H]4CC[C@@H](C(N)=O)CC4)c3n2)C[C@H]1O. The zero-order valence-electron chi connectivity index (χ0n) is 20.1. The van der Waals surface area contributed by atoms with Crippen molar-refractivity contribution in [3.05, 3.63) is 34.4 Å². The average Bonchev–Trinajstić information content (AvgIpc) is 3.21. The summed E-state index contributed by atoms with van der Waals surface area (Å²) in [4.78, 5) is 25.9. The molecule has 2 aliphatic rings. The van der Waals surface area contributed by atoms with Gasteiger partial charge in [-0.3, -0.25) is 9.36 Å². The Morgan fingerprint density at radius 3 is 2.50 bits per heavy atom. The number of fused-ring (bicyclic) bond motifs is 1. The summed E-state index contributed by atoms with van der Waals surface area (Å²) >= 11 is 12.9. The Labute approximate surface area is 219 Å². The molecule has 0 bridgehead atoms. The van der Waals surface area contributed by atoms with Gasteiger partial charge >= 0.3 is 0 Å². The number of carbonyl (C=O) groups is 1. The summed E-state index contributed by atoms with van der Waals surface area (Å²) < 4.78 is 2.07. The standard InChI is InChI=1S/C25H31Cl2N7O2/c1-13-5-8-15(11-20(13)35)30-24-29-12-19-23(33-24)34(16-9-6-14(7-10-16)22(28)36)25(31-19)32-21-17(26)3-2-4-18(21)27/h2-4,12-16,20,35H,5-11H2,1H3,(H2,28,36)(H,31,32)(H,29,30,33)/t13-,14-,15-,16+,20-/m1/s1. The van der Waals surface area contributed by atoms with Crippen LogP contribution in [0.2, 0.25) is 10.0 Å². The van der Waals surface area contributed by atoms with Crippen molar-refractivity contribution in [3.8, 4) is 0 Å². The first-order valence-electron chi connectivity index (χ1n) is 12.5. The van der Waals surface area contributed by atoms with E-state index in [-0.39, 0.29) is 30.0 Å². The van der Waals surface area contributed by atoms with Gasteiger partial charge in [0.1, 0.15) is 5.52 Å². The minimum absolute atomic E-state index is 0.0643. The zero-order chi connectivity index (χ0) is 25.4. The molecule has 0 spiro atoms. The van der Waals surface area contributed by atoms with E-state index in [1.54, 1.807) is 24.4 Å². The van der Waals surface area contributed by atoms with Gasteiger partial charge in [0.2, 0.25) is 17.8 Å². The number of para-hydroxylation sites is 1. The van der Waals surface area contributed by atoms with Gasteiger partial charge in [0.25, 0.3) is 0 Å². The normalized spacial score (nSPS) is 26.6. The van der Waals surface area contributed by atoms with Crippen LogP contribution in [0.4, 0.5) is 17.6 Å². The summed E-state index contributed by atoms with van der Waals surface area (Å²) in [5, 5.41) is 18.0. The topological polar surface area (TPSA) is 131 Å². The first-order valence-corrected chi connectivity index (χ1v) is 13.3. The van der Waals surface area contributed by atoms with Gasteiger partial charge in [-0.1, -0.05) is 36.2 Å². The van der Waals surface area contributed by atoms with Gasteiger partial charge in [0.05, 0.1) is 28.0 Å². The Hall–Kier alpha value is -2.62. The number of imidazole rings is 1. The number of nitrogens with two attached hydrogens (primary N) is 1. The third kappa shape index (κ3) is 5.10. The van der Waals surface area contributed by atoms with Crippen molar-refractivity contribution in [1.82, 2.24) is 19.5 Å². The summed E-state index contributed by atoms with van der Waals surface area (Å²) in [5.41, 5.74) is 7.46. The van der Waals surface area contributed by atoms with E-state index < -0.39 is 0 Å². The highest BCUT2D eigenvalue weighted by molar-refractivity contribution is 6.39. The Bertz CT molecular complexity index is 1240. The largest absolute Gasteiger partial charge is 0.393 e. The number of benzene rings is 1. The van der Waals surface area contributed by atoms with Crippen LogP contribution in [-0.2, 0) is 4.79 Å². The number of amides is 1. The lowest BCUT2D eigenvalue weighted by Gasteiger charge is -2.31. The van der Waals surface area contributed by atoms with E-state index in [0.29, 0.717) is 64.0 Å². The van der Waals surface area contributed by atoms with E-state index in [2.05, 4.69) is 27.1 Å². The van der Waals surface area contributed by atoms with Crippen LogP contribution in [-0.4, -0.2) is 42.7 Å². The maximum Gasteiger partial charge on any atom is 0.224 e. The lowest BCUT2D eigenvalue weighted by molar-refractivity contribution is -0.122. The van der Waals surface area contributed by atoms with E-state index in [0.717, 1.165) is 25.7 Å². The van der Waals surface area contributed by atoms with Crippen LogP contribution in [0, 0.1) is 11.8 Å². The van der Waals surface area contributed by atoms with Crippen LogP contribution in [0.5, 0.6) is 0 Å². The number of aromatic nitrogens is 4. The Morgan fingerprint density at radius 1 is 1.11 bits per heavy atom. The predicted octanol–water partition coefficient (Wildman–Crippen LogP) is 5.05. The minimum atomic E-state index is -0.331. The number of anilines is 3.